The standard InChI is InChI=1S/C14H21N3O3/c1-10(2)6-7-16-14(19)17-13(18)9-20-12-5-3-4-11(15)8-12/h3-5,8,10H,6-7,9,15H2,1-2H3,(H2,16,17,18,19). The highest BCUT2D eigenvalue weighted by Gasteiger charge is 2.08. The lowest BCUT2D eigenvalue weighted by molar-refractivity contribution is -0.122. The summed E-state index contributed by atoms with van der Waals surface area (Å²) in [5, 5.41) is 4.80. The van der Waals surface area contributed by atoms with Gasteiger partial charge in [0.2, 0.25) is 0 Å². The van der Waals surface area contributed by atoms with Gasteiger partial charge in [-0.3, -0.25) is 10.1 Å². The van der Waals surface area contributed by atoms with Crippen LogP contribution in [0.4, 0.5) is 10.5 Å². The van der Waals surface area contributed by atoms with Crippen molar-refractivity contribution in [1.82, 2.24) is 10.6 Å². The zero-order valence-electron chi connectivity index (χ0n) is 11.8. The molecule has 1 aromatic carbocycles. The van der Waals surface area contributed by atoms with Crippen molar-refractivity contribution in [2.75, 3.05) is 18.9 Å². The fourth-order valence-corrected chi connectivity index (χ4v) is 1.43. The quantitative estimate of drug-likeness (QED) is 0.688. The van der Waals surface area contributed by atoms with Crippen molar-refractivity contribution >= 4 is 17.6 Å². The number of urea groups is 1. The Balaban J connectivity index is 2.24. The largest absolute Gasteiger partial charge is 0.484 e. The van der Waals surface area contributed by atoms with Gasteiger partial charge in [-0.25, -0.2) is 4.79 Å². The van der Waals surface area contributed by atoms with E-state index in [1.807, 2.05) is 0 Å². The monoisotopic (exact) mass is 279 g/mol. The Labute approximate surface area is 118 Å². The van der Waals surface area contributed by atoms with Gasteiger partial charge in [0.25, 0.3) is 5.91 Å². The minimum atomic E-state index is -0.508. The van der Waals surface area contributed by atoms with Crippen molar-refractivity contribution in [1.29, 1.82) is 0 Å². The summed E-state index contributed by atoms with van der Waals surface area (Å²) in [4.78, 5) is 22.9. The van der Waals surface area contributed by atoms with Gasteiger partial charge in [0.15, 0.2) is 6.61 Å². The number of anilines is 1. The van der Waals surface area contributed by atoms with E-state index >= 15 is 0 Å². The summed E-state index contributed by atoms with van der Waals surface area (Å²) in [7, 11) is 0. The van der Waals surface area contributed by atoms with E-state index in [4.69, 9.17) is 10.5 Å². The molecule has 0 aliphatic rings. The average molecular weight is 279 g/mol. The molecule has 3 amide bonds. The van der Waals surface area contributed by atoms with Crippen molar-refractivity contribution in [3.05, 3.63) is 24.3 Å². The van der Waals surface area contributed by atoms with Crippen LogP contribution < -0.4 is 21.1 Å². The normalized spacial score (nSPS) is 10.2. The second kappa shape index (κ2) is 8.04. The van der Waals surface area contributed by atoms with Crippen LogP contribution in [0.1, 0.15) is 20.3 Å². The van der Waals surface area contributed by atoms with E-state index in [0.29, 0.717) is 23.9 Å². The second-order valence-electron chi connectivity index (χ2n) is 4.85. The number of benzene rings is 1. The summed E-state index contributed by atoms with van der Waals surface area (Å²) >= 11 is 0. The summed E-state index contributed by atoms with van der Waals surface area (Å²) in [6.07, 6.45) is 0.863. The number of carbonyl (C=O) groups excluding carboxylic acids is 2. The van der Waals surface area contributed by atoms with Crippen LogP contribution in [0, 0.1) is 5.92 Å². The molecule has 0 atom stereocenters. The highest BCUT2D eigenvalue weighted by molar-refractivity contribution is 5.94. The highest BCUT2D eigenvalue weighted by atomic mass is 16.5. The number of ether oxygens (including phenoxy) is 1. The summed E-state index contributed by atoms with van der Waals surface area (Å²) in [5.41, 5.74) is 6.13. The molecule has 0 unspecified atom stereocenters. The Bertz CT molecular complexity index is 461. The number of nitrogen functional groups attached to an aromatic ring is 1. The van der Waals surface area contributed by atoms with Gasteiger partial charge in [-0.15, -0.1) is 0 Å². The van der Waals surface area contributed by atoms with Crippen molar-refractivity contribution in [3.63, 3.8) is 0 Å². The molecule has 0 aliphatic carbocycles. The Morgan fingerprint density at radius 3 is 2.75 bits per heavy atom. The maximum Gasteiger partial charge on any atom is 0.321 e. The predicted molar refractivity (Wildman–Crippen MR) is 77.3 cm³/mol. The molecular formula is C14H21N3O3. The van der Waals surface area contributed by atoms with Crippen molar-refractivity contribution in [2.24, 2.45) is 5.92 Å². The Hall–Kier alpha value is -2.24. The Morgan fingerprint density at radius 2 is 2.10 bits per heavy atom. The maximum absolute atomic E-state index is 11.5. The molecule has 4 N–H and O–H groups in total. The Kier molecular flexibility index (Phi) is 6.36. The van der Waals surface area contributed by atoms with Crippen LogP contribution in [-0.2, 0) is 4.79 Å². The first-order chi connectivity index (χ1) is 9.47. The molecule has 0 aliphatic heterocycles. The van der Waals surface area contributed by atoms with Gasteiger partial charge in [-0.2, -0.15) is 0 Å². The number of nitrogens with one attached hydrogen (secondary N) is 2. The molecule has 0 aromatic heterocycles. The zero-order chi connectivity index (χ0) is 15.0. The van der Waals surface area contributed by atoms with Gasteiger partial charge < -0.3 is 15.8 Å². The summed E-state index contributed by atoms with van der Waals surface area (Å²) in [6.45, 7) is 4.42. The summed E-state index contributed by atoms with van der Waals surface area (Å²) in [6, 6.07) is 6.23. The summed E-state index contributed by atoms with van der Waals surface area (Å²) < 4.78 is 5.22. The fraction of sp³-hybridized carbons (Fsp3) is 0.429. The molecule has 0 bridgehead atoms. The number of hydrogen-bond donors (Lipinski definition) is 3. The molecule has 0 radical (unpaired) electrons. The van der Waals surface area contributed by atoms with E-state index in [1.54, 1.807) is 24.3 Å². The lowest BCUT2D eigenvalue weighted by atomic mass is 10.1. The van der Waals surface area contributed by atoms with E-state index in [1.165, 1.54) is 0 Å². The number of imide groups is 1. The number of carbonyl (C=O) groups is 2. The molecule has 20 heavy (non-hydrogen) atoms. The van der Waals surface area contributed by atoms with Gasteiger partial charge >= 0.3 is 6.03 Å². The average Bonchev–Trinajstić information content (AvgIpc) is 2.36. The molecule has 1 aromatic rings. The molecule has 0 saturated heterocycles. The van der Waals surface area contributed by atoms with Crippen LogP contribution in [0.25, 0.3) is 0 Å². The molecule has 0 spiro atoms. The number of amides is 3. The van der Waals surface area contributed by atoms with Gasteiger partial charge in [-0.05, 0) is 24.5 Å². The van der Waals surface area contributed by atoms with Gasteiger partial charge in [-0.1, -0.05) is 19.9 Å². The van der Waals surface area contributed by atoms with Crippen LogP contribution in [0.5, 0.6) is 5.75 Å². The lowest BCUT2D eigenvalue weighted by Crippen LogP contribution is -2.42. The predicted octanol–water partition coefficient (Wildman–Crippen LogP) is 1.52. The van der Waals surface area contributed by atoms with Crippen LogP contribution >= 0.6 is 0 Å². The van der Waals surface area contributed by atoms with E-state index in [9.17, 15) is 9.59 Å². The molecule has 6 nitrogen and oxygen atoms in total. The first kappa shape index (κ1) is 15.8. The van der Waals surface area contributed by atoms with Gasteiger partial charge in [0.1, 0.15) is 5.75 Å². The third-order valence-corrected chi connectivity index (χ3v) is 2.49. The fourth-order valence-electron chi connectivity index (χ4n) is 1.43. The van der Waals surface area contributed by atoms with Crippen LogP contribution in [-0.4, -0.2) is 25.1 Å². The molecule has 6 heteroatoms. The first-order valence-corrected chi connectivity index (χ1v) is 6.53. The van der Waals surface area contributed by atoms with E-state index in [2.05, 4.69) is 24.5 Å². The van der Waals surface area contributed by atoms with E-state index in [-0.39, 0.29) is 6.61 Å². The minimum absolute atomic E-state index is 0.235. The van der Waals surface area contributed by atoms with Crippen LogP contribution in [0.15, 0.2) is 24.3 Å². The summed E-state index contributed by atoms with van der Waals surface area (Å²) in [5.74, 6) is 0.479. The second-order valence-corrected chi connectivity index (χ2v) is 4.85. The molecule has 110 valence electrons. The third-order valence-electron chi connectivity index (χ3n) is 2.49. The topological polar surface area (TPSA) is 93.5 Å². The molecular weight excluding hydrogens is 258 g/mol. The smallest absolute Gasteiger partial charge is 0.321 e. The Morgan fingerprint density at radius 1 is 1.35 bits per heavy atom. The van der Waals surface area contributed by atoms with Crippen molar-refractivity contribution < 1.29 is 14.3 Å². The first-order valence-electron chi connectivity index (χ1n) is 6.53. The molecule has 1 rings (SSSR count). The van der Waals surface area contributed by atoms with Crippen molar-refractivity contribution in [2.45, 2.75) is 20.3 Å². The van der Waals surface area contributed by atoms with Gasteiger partial charge in [0, 0.05) is 18.3 Å². The number of hydrogen-bond acceptors (Lipinski definition) is 4. The third kappa shape index (κ3) is 6.63. The van der Waals surface area contributed by atoms with E-state index in [0.717, 1.165) is 6.42 Å². The van der Waals surface area contributed by atoms with Crippen molar-refractivity contribution in [3.8, 4) is 5.75 Å². The van der Waals surface area contributed by atoms with E-state index < -0.39 is 11.9 Å². The number of nitrogens with two attached hydrogens (primary N) is 1. The maximum atomic E-state index is 11.5. The lowest BCUT2D eigenvalue weighted by Gasteiger charge is -2.09. The minimum Gasteiger partial charge on any atom is -0.484 e. The van der Waals surface area contributed by atoms with Crippen LogP contribution in [0.3, 0.4) is 0 Å². The SMILES string of the molecule is CC(C)CCNC(=O)NC(=O)COc1cccc(N)c1. The number of rotatable bonds is 6. The molecule has 0 fully saturated rings. The van der Waals surface area contributed by atoms with Crippen LogP contribution in [0.2, 0.25) is 0 Å². The molecule has 0 heterocycles. The van der Waals surface area contributed by atoms with Gasteiger partial charge in [0.05, 0.1) is 0 Å². The zero-order valence-corrected chi connectivity index (χ0v) is 11.8. The highest BCUT2D eigenvalue weighted by Crippen LogP contribution is 2.13. The molecule has 0 saturated carbocycles.